The van der Waals surface area contributed by atoms with Crippen molar-refractivity contribution in [2.45, 2.75) is 66.2 Å². The Morgan fingerprint density at radius 2 is 1.40 bits per heavy atom. The summed E-state index contributed by atoms with van der Waals surface area (Å²) in [5, 5.41) is 0. The second-order valence-electron chi connectivity index (χ2n) is 16.8. The average molecular weight is 818 g/mol. The van der Waals surface area contributed by atoms with Crippen molar-refractivity contribution in [2.75, 3.05) is 62.0 Å². The molecule has 0 unspecified atom stereocenters. The molecule has 316 valence electrons. The number of likely N-dealkylation sites (N-methyl/N-ethyl adjacent to an activating group) is 1. The molecule has 1 fully saturated rings. The third-order valence-corrected chi connectivity index (χ3v) is 9.23. The average Bonchev–Trinajstić information content (AvgIpc) is 3.20. The maximum absolute atomic E-state index is 14.2. The first kappa shape index (κ1) is 44.8. The maximum Gasteiger partial charge on any atom is 0.422 e. The Morgan fingerprint density at radius 3 is 1.98 bits per heavy atom. The Labute approximate surface area is 353 Å². The van der Waals surface area contributed by atoms with Crippen LogP contribution in [-0.4, -0.2) is 106 Å². The van der Waals surface area contributed by atoms with Crippen molar-refractivity contribution in [2.24, 2.45) is 0 Å². The number of carbonyl (C=O) groups excluding carboxylic acids is 3. The van der Waals surface area contributed by atoms with E-state index in [0.29, 0.717) is 22.5 Å². The molecule has 3 aromatic heterocycles. The summed E-state index contributed by atoms with van der Waals surface area (Å²) in [5.74, 6) is -0.541. The van der Waals surface area contributed by atoms with Crippen LogP contribution in [0, 0.1) is 6.92 Å². The number of nitrogens with zero attached hydrogens (tertiary/aromatic N) is 9. The van der Waals surface area contributed by atoms with Crippen LogP contribution in [0.1, 0.15) is 63.0 Å². The standard InChI is InChI=1S/C39H47N7O5.C7H10N2/c1-27-11-16-31(24-33(27)46(37(49)51-39(5,6)7)35-41-19-17-32(42-35)30-10-9-18-40-25-30)45(36(48)50-38(2,3)4)34(47)29-14-12-28(13-15-29)26-44-22-20-43(8)21-23-44;1-9(2)7-3-5-8-6-4-7/h9-19,24-25H,20-23,26H2,1-8H3;3-6H,1-2H3/i35+2;. The highest BCUT2D eigenvalue weighted by atomic mass is 16.6. The molecule has 14 heteroatoms. The van der Waals surface area contributed by atoms with E-state index in [-0.39, 0.29) is 11.6 Å². The van der Waals surface area contributed by atoms with Crippen LogP contribution in [0.4, 0.5) is 32.6 Å². The number of carbonyl (C=O) groups is 3. The van der Waals surface area contributed by atoms with Gasteiger partial charge in [0.25, 0.3) is 5.91 Å². The monoisotopic (exact) mass is 817 g/mol. The highest BCUT2D eigenvalue weighted by Gasteiger charge is 2.33. The van der Waals surface area contributed by atoms with Gasteiger partial charge in [0.15, 0.2) is 0 Å². The van der Waals surface area contributed by atoms with Gasteiger partial charge in [-0.3, -0.25) is 19.7 Å². The molecule has 4 heterocycles. The summed E-state index contributed by atoms with van der Waals surface area (Å²) in [6, 6.07) is 21.5. The zero-order chi connectivity index (χ0) is 43.6. The van der Waals surface area contributed by atoms with Crippen molar-refractivity contribution < 1.29 is 23.9 Å². The molecule has 1 aliphatic heterocycles. The number of amides is 3. The number of rotatable bonds is 8. The molecule has 0 aliphatic carbocycles. The molecule has 0 radical (unpaired) electrons. The number of aromatic nitrogens is 4. The van der Waals surface area contributed by atoms with Crippen molar-refractivity contribution in [1.82, 2.24) is 29.7 Å². The van der Waals surface area contributed by atoms with E-state index in [1.165, 1.54) is 10.6 Å². The molecule has 1 saturated heterocycles. The Bertz CT molecular complexity index is 2200. The van der Waals surface area contributed by atoms with E-state index >= 15 is 0 Å². The number of hydrogen-bond donors (Lipinski definition) is 0. The highest BCUT2D eigenvalue weighted by Crippen LogP contribution is 2.34. The topological polar surface area (TPSA) is 137 Å². The number of piperazine rings is 1. The van der Waals surface area contributed by atoms with E-state index < -0.39 is 29.3 Å². The Balaban J connectivity index is 0.000000671. The van der Waals surface area contributed by atoms with E-state index in [1.54, 1.807) is 122 Å². The summed E-state index contributed by atoms with van der Waals surface area (Å²) >= 11 is 0. The van der Waals surface area contributed by atoms with Crippen LogP contribution >= 0.6 is 0 Å². The van der Waals surface area contributed by atoms with Crippen LogP contribution in [0.2, 0.25) is 0 Å². The van der Waals surface area contributed by atoms with Crippen LogP contribution < -0.4 is 14.7 Å². The molecule has 3 amide bonds. The lowest BCUT2D eigenvalue weighted by Gasteiger charge is -2.32. The Morgan fingerprint density at radius 1 is 0.750 bits per heavy atom. The molecule has 0 N–H and O–H groups in total. The van der Waals surface area contributed by atoms with Gasteiger partial charge >= 0.3 is 12.2 Å². The Hall–Kier alpha value is -6.25. The van der Waals surface area contributed by atoms with E-state index in [9.17, 15) is 14.4 Å². The van der Waals surface area contributed by atoms with E-state index in [4.69, 9.17) is 14.5 Å². The fraction of sp³-hybridized carbons (Fsp3) is 0.370. The second kappa shape index (κ2) is 19.7. The van der Waals surface area contributed by atoms with Gasteiger partial charge in [-0.2, -0.15) is 0 Å². The van der Waals surface area contributed by atoms with E-state index in [0.717, 1.165) is 48.8 Å². The van der Waals surface area contributed by atoms with Crippen LogP contribution in [0.15, 0.2) is 104 Å². The number of pyridine rings is 2. The largest absolute Gasteiger partial charge is 0.443 e. The lowest BCUT2D eigenvalue weighted by atomic mass is 10.1. The lowest BCUT2D eigenvalue weighted by Crippen LogP contribution is -2.43. The van der Waals surface area contributed by atoms with Crippen molar-refractivity contribution >= 4 is 41.1 Å². The summed E-state index contributed by atoms with van der Waals surface area (Å²) in [4.78, 5) is 68.2. The number of hydrogen-bond acceptors (Lipinski definition) is 12. The molecule has 14 nitrogen and oxygen atoms in total. The van der Waals surface area contributed by atoms with Gasteiger partial charge in [0, 0.05) is 94.6 Å². The van der Waals surface area contributed by atoms with Crippen LogP contribution in [-0.2, 0) is 16.0 Å². The molecule has 0 spiro atoms. The minimum absolute atomic E-state index is 0.0388. The normalized spacial score (nSPS) is 13.4. The molecular formula is C46H57N9O5. The second-order valence-corrected chi connectivity index (χ2v) is 16.8. The molecule has 0 atom stereocenters. The van der Waals surface area contributed by atoms with Gasteiger partial charge in [0.05, 0.1) is 17.1 Å². The van der Waals surface area contributed by atoms with Gasteiger partial charge in [-0.1, -0.05) is 18.2 Å². The summed E-state index contributed by atoms with van der Waals surface area (Å²) in [7, 11) is 6.14. The first-order chi connectivity index (χ1) is 28.4. The third-order valence-electron chi connectivity index (χ3n) is 9.23. The molecule has 2 aromatic carbocycles. The fourth-order valence-corrected chi connectivity index (χ4v) is 6.11. The van der Waals surface area contributed by atoms with Crippen molar-refractivity contribution in [1.29, 1.82) is 0 Å². The molecule has 6 rings (SSSR count). The van der Waals surface area contributed by atoms with Gasteiger partial charge in [-0.15, -0.1) is 0 Å². The smallest absolute Gasteiger partial charge is 0.422 e. The third kappa shape index (κ3) is 12.6. The number of benzene rings is 2. The van der Waals surface area contributed by atoms with Crippen molar-refractivity contribution in [3.8, 4) is 11.3 Å². The van der Waals surface area contributed by atoms with Gasteiger partial charge in [-0.05, 0) is 121 Å². The number of aryl methyl sites for hydroxylation is 1. The quantitative estimate of drug-likeness (QED) is 0.149. The van der Waals surface area contributed by atoms with E-state index in [1.807, 2.05) is 49.3 Å². The van der Waals surface area contributed by atoms with Crippen molar-refractivity contribution in [3.63, 3.8) is 0 Å². The molecule has 5 aromatic rings. The van der Waals surface area contributed by atoms with Crippen molar-refractivity contribution in [3.05, 3.63) is 120 Å². The van der Waals surface area contributed by atoms with Crippen LogP contribution in [0.5, 0.6) is 0 Å². The first-order valence-corrected chi connectivity index (χ1v) is 19.9. The van der Waals surface area contributed by atoms with Gasteiger partial charge in [-0.25, -0.2) is 29.4 Å². The molecule has 0 saturated carbocycles. The minimum Gasteiger partial charge on any atom is -0.443 e. The molecule has 60 heavy (non-hydrogen) atoms. The van der Waals surface area contributed by atoms with E-state index in [2.05, 4.69) is 31.8 Å². The predicted molar refractivity (Wildman–Crippen MR) is 236 cm³/mol. The molecule has 0 bridgehead atoms. The number of anilines is 4. The zero-order valence-corrected chi connectivity index (χ0v) is 36.4. The molecular weight excluding hydrogens is 761 g/mol. The SMILES string of the molecule is CN(C)c1ccncc1.Cc1ccc(N(C(=O)OC(C)(C)C)C(=O)c2ccc(CN3CCN(C)CC3)cc2)cc1N(C(=O)OC(C)(C)C)[14c]1nccc(-c2cccnc2)n1. The maximum atomic E-state index is 14.2. The van der Waals surface area contributed by atoms with Gasteiger partial charge in [0.2, 0.25) is 5.95 Å². The zero-order valence-electron chi connectivity index (χ0n) is 36.4. The lowest BCUT2D eigenvalue weighted by molar-refractivity contribution is 0.0560. The highest BCUT2D eigenvalue weighted by molar-refractivity contribution is 6.19. The van der Waals surface area contributed by atoms with Gasteiger partial charge in [0.1, 0.15) is 11.2 Å². The van der Waals surface area contributed by atoms with Crippen LogP contribution in [0.25, 0.3) is 11.3 Å². The number of imide groups is 1. The Kier molecular flexibility index (Phi) is 14.7. The summed E-state index contributed by atoms with van der Waals surface area (Å²) in [6.07, 6.45) is 6.85. The predicted octanol–water partition coefficient (Wildman–Crippen LogP) is 8.40. The first-order valence-electron chi connectivity index (χ1n) is 19.9. The summed E-state index contributed by atoms with van der Waals surface area (Å²) < 4.78 is 11.6. The fourth-order valence-electron chi connectivity index (χ4n) is 6.11. The number of ether oxygens (including phenoxy) is 2. The summed E-state index contributed by atoms with van der Waals surface area (Å²) in [5.41, 5.74) is 3.23. The minimum atomic E-state index is -0.890. The van der Waals surface area contributed by atoms with Gasteiger partial charge < -0.3 is 19.3 Å². The van der Waals surface area contributed by atoms with Crippen LogP contribution in [0.3, 0.4) is 0 Å². The summed E-state index contributed by atoms with van der Waals surface area (Å²) in [6.45, 7) is 17.0. The molecule has 1 aliphatic rings.